The lowest BCUT2D eigenvalue weighted by atomic mass is 10.0. The average molecular weight is 293 g/mol. The zero-order valence-corrected chi connectivity index (χ0v) is 11.7. The van der Waals surface area contributed by atoms with Gasteiger partial charge in [-0.15, -0.1) is 0 Å². The Labute approximate surface area is 110 Å². The number of halogens is 1. The molecule has 17 heavy (non-hydrogen) atoms. The van der Waals surface area contributed by atoms with Crippen molar-refractivity contribution in [1.82, 2.24) is 9.88 Å². The van der Waals surface area contributed by atoms with E-state index >= 15 is 0 Å². The maximum atomic E-state index is 3.63. The Balaban J connectivity index is 2.18. The highest BCUT2D eigenvalue weighted by atomic mass is 79.9. The number of benzene rings is 1. The Kier molecular flexibility index (Phi) is 2.97. The van der Waals surface area contributed by atoms with Crippen molar-refractivity contribution in [2.45, 2.75) is 25.8 Å². The van der Waals surface area contributed by atoms with Crippen LogP contribution in [0.15, 0.2) is 22.8 Å². The lowest BCUT2D eigenvalue weighted by Gasteiger charge is -2.15. The summed E-state index contributed by atoms with van der Waals surface area (Å²) in [5, 5.41) is 4.67. The molecule has 1 aliphatic rings. The fraction of sp³-hybridized carbons (Fsp3) is 0.429. The van der Waals surface area contributed by atoms with Gasteiger partial charge in [0.2, 0.25) is 0 Å². The van der Waals surface area contributed by atoms with Gasteiger partial charge < -0.3 is 9.88 Å². The summed E-state index contributed by atoms with van der Waals surface area (Å²) in [7, 11) is 2.01. The zero-order valence-electron chi connectivity index (χ0n) is 10.1. The number of hydrogen-bond acceptors (Lipinski definition) is 1. The van der Waals surface area contributed by atoms with Crippen molar-refractivity contribution in [3.63, 3.8) is 0 Å². The first-order chi connectivity index (χ1) is 8.29. The van der Waals surface area contributed by atoms with Gasteiger partial charge in [-0.2, -0.15) is 0 Å². The second-order valence-corrected chi connectivity index (χ2v) is 5.68. The molecule has 2 aromatic rings. The normalized spacial score (nSPS) is 14.5. The quantitative estimate of drug-likeness (QED) is 0.920. The number of hydrogen-bond donors (Lipinski definition) is 1. The number of aromatic nitrogens is 1. The Morgan fingerprint density at radius 2 is 2.29 bits per heavy atom. The largest absolute Gasteiger partial charge is 0.347 e. The molecule has 0 amide bonds. The molecule has 3 heteroatoms. The first-order valence-electron chi connectivity index (χ1n) is 6.24. The maximum Gasteiger partial charge on any atom is 0.0516 e. The average Bonchev–Trinajstić information content (AvgIpc) is 2.66. The zero-order chi connectivity index (χ0) is 11.8. The number of likely N-dealkylation sites (N-methyl/N-ethyl adjacent to an activating group) is 1. The monoisotopic (exact) mass is 292 g/mol. The molecule has 0 saturated heterocycles. The van der Waals surface area contributed by atoms with Gasteiger partial charge in [0.25, 0.3) is 0 Å². The summed E-state index contributed by atoms with van der Waals surface area (Å²) < 4.78 is 3.65. The molecule has 0 radical (unpaired) electrons. The van der Waals surface area contributed by atoms with Crippen molar-refractivity contribution in [3.8, 4) is 0 Å². The van der Waals surface area contributed by atoms with Crippen molar-refractivity contribution < 1.29 is 0 Å². The van der Waals surface area contributed by atoms with Crippen LogP contribution in [0.5, 0.6) is 0 Å². The third-order valence-electron chi connectivity index (χ3n) is 3.59. The third-order valence-corrected chi connectivity index (χ3v) is 4.05. The van der Waals surface area contributed by atoms with Crippen molar-refractivity contribution in [3.05, 3.63) is 33.9 Å². The minimum Gasteiger partial charge on any atom is -0.347 e. The highest BCUT2D eigenvalue weighted by molar-refractivity contribution is 9.10. The molecular formula is C14H17BrN2. The summed E-state index contributed by atoms with van der Waals surface area (Å²) in [6.07, 6.45) is 5.93. The van der Waals surface area contributed by atoms with Gasteiger partial charge in [-0.05, 0) is 56.1 Å². The van der Waals surface area contributed by atoms with Crippen LogP contribution >= 0.6 is 15.9 Å². The fourth-order valence-electron chi connectivity index (χ4n) is 2.83. The minimum absolute atomic E-state index is 1.04. The molecule has 0 fully saturated rings. The summed E-state index contributed by atoms with van der Waals surface area (Å²) in [6.45, 7) is 2.21. The van der Waals surface area contributed by atoms with Crippen LogP contribution in [-0.4, -0.2) is 18.2 Å². The topological polar surface area (TPSA) is 17.0 Å². The second kappa shape index (κ2) is 4.46. The third kappa shape index (κ3) is 1.91. The number of aryl methyl sites for hydroxylation is 2. The Morgan fingerprint density at radius 3 is 3.12 bits per heavy atom. The molecule has 2 nitrogen and oxygen atoms in total. The molecule has 0 unspecified atom stereocenters. The summed E-state index contributed by atoms with van der Waals surface area (Å²) >= 11 is 3.63. The van der Waals surface area contributed by atoms with Crippen LogP contribution in [0.3, 0.4) is 0 Å². The van der Waals surface area contributed by atoms with Gasteiger partial charge in [0.05, 0.1) is 5.52 Å². The van der Waals surface area contributed by atoms with Gasteiger partial charge in [-0.3, -0.25) is 0 Å². The van der Waals surface area contributed by atoms with Crippen LogP contribution in [-0.2, 0) is 19.4 Å². The summed E-state index contributed by atoms with van der Waals surface area (Å²) in [5.74, 6) is 0. The predicted octanol–water partition coefficient (Wildman–Crippen LogP) is 3.11. The van der Waals surface area contributed by atoms with Crippen molar-refractivity contribution in [1.29, 1.82) is 0 Å². The molecule has 1 aromatic carbocycles. The molecular weight excluding hydrogens is 276 g/mol. The molecule has 0 saturated carbocycles. The summed E-state index contributed by atoms with van der Waals surface area (Å²) in [5.41, 5.74) is 4.43. The first-order valence-corrected chi connectivity index (χ1v) is 7.03. The van der Waals surface area contributed by atoms with E-state index in [2.05, 4.69) is 44.1 Å². The summed E-state index contributed by atoms with van der Waals surface area (Å²) in [4.78, 5) is 0. The highest BCUT2D eigenvalue weighted by Crippen LogP contribution is 2.32. The molecule has 1 N–H and O–H groups in total. The molecule has 0 bridgehead atoms. The SMILES string of the molecule is CNCCc1cn2c3c(cc(Br)cc13)CCC2. The molecule has 0 atom stereocenters. The molecule has 1 aromatic heterocycles. The van der Waals surface area contributed by atoms with Gasteiger partial charge in [0.1, 0.15) is 0 Å². The number of nitrogens with zero attached hydrogens (tertiary/aromatic N) is 1. The molecule has 0 aliphatic carbocycles. The van der Waals surface area contributed by atoms with E-state index in [1.807, 2.05) is 7.05 Å². The molecule has 3 rings (SSSR count). The Morgan fingerprint density at radius 1 is 1.41 bits per heavy atom. The minimum atomic E-state index is 1.04. The first kappa shape index (κ1) is 11.3. The maximum absolute atomic E-state index is 3.63. The van der Waals surface area contributed by atoms with E-state index in [0.717, 1.165) is 13.0 Å². The van der Waals surface area contributed by atoms with Crippen molar-refractivity contribution in [2.75, 3.05) is 13.6 Å². The molecule has 2 heterocycles. The Bertz CT molecular complexity index is 557. The van der Waals surface area contributed by atoms with Crippen LogP contribution in [0.1, 0.15) is 17.5 Å². The highest BCUT2D eigenvalue weighted by Gasteiger charge is 2.16. The second-order valence-electron chi connectivity index (χ2n) is 4.77. The van der Waals surface area contributed by atoms with Gasteiger partial charge in [0, 0.05) is 22.6 Å². The number of nitrogens with one attached hydrogen (secondary N) is 1. The standard InChI is InChI=1S/C14H17BrN2/c1-16-5-4-11-9-17-6-2-3-10-7-12(15)8-13(11)14(10)17/h7-9,16H,2-6H2,1H3. The van der Waals surface area contributed by atoms with E-state index in [1.54, 1.807) is 0 Å². The van der Waals surface area contributed by atoms with Gasteiger partial charge in [-0.25, -0.2) is 0 Å². The van der Waals surface area contributed by atoms with Crippen LogP contribution in [0.2, 0.25) is 0 Å². The van der Waals surface area contributed by atoms with E-state index < -0.39 is 0 Å². The van der Waals surface area contributed by atoms with Crippen molar-refractivity contribution in [2.24, 2.45) is 0 Å². The fourth-order valence-corrected chi connectivity index (χ4v) is 3.33. The van der Waals surface area contributed by atoms with Gasteiger partial charge in [0.15, 0.2) is 0 Å². The van der Waals surface area contributed by atoms with Crippen LogP contribution in [0, 0.1) is 0 Å². The van der Waals surface area contributed by atoms with E-state index in [0.29, 0.717) is 0 Å². The van der Waals surface area contributed by atoms with E-state index in [4.69, 9.17) is 0 Å². The Hall–Kier alpha value is -0.800. The smallest absolute Gasteiger partial charge is 0.0516 e. The van der Waals surface area contributed by atoms with Crippen LogP contribution in [0.4, 0.5) is 0 Å². The van der Waals surface area contributed by atoms with Gasteiger partial charge in [-0.1, -0.05) is 15.9 Å². The molecule has 0 spiro atoms. The van der Waals surface area contributed by atoms with E-state index in [1.165, 1.54) is 45.9 Å². The lowest BCUT2D eigenvalue weighted by molar-refractivity contribution is 0.633. The van der Waals surface area contributed by atoms with E-state index in [-0.39, 0.29) is 0 Å². The molecule has 90 valence electrons. The van der Waals surface area contributed by atoms with Crippen LogP contribution < -0.4 is 5.32 Å². The molecule has 1 aliphatic heterocycles. The predicted molar refractivity (Wildman–Crippen MR) is 75.6 cm³/mol. The van der Waals surface area contributed by atoms with Crippen LogP contribution in [0.25, 0.3) is 10.9 Å². The lowest BCUT2D eigenvalue weighted by Crippen LogP contribution is -2.10. The number of rotatable bonds is 3. The van der Waals surface area contributed by atoms with E-state index in [9.17, 15) is 0 Å². The van der Waals surface area contributed by atoms with Crippen molar-refractivity contribution >= 4 is 26.8 Å². The summed E-state index contributed by atoms with van der Waals surface area (Å²) in [6, 6.07) is 4.55. The van der Waals surface area contributed by atoms with Gasteiger partial charge >= 0.3 is 0 Å².